The lowest BCUT2D eigenvalue weighted by atomic mass is 10.2. The van der Waals surface area contributed by atoms with E-state index in [4.69, 9.17) is 24.5 Å². The molecule has 0 radical (unpaired) electrons. The molecule has 6 aromatic carbocycles. The highest BCUT2D eigenvalue weighted by Crippen LogP contribution is 2.48. The van der Waals surface area contributed by atoms with E-state index < -0.39 is 17.2 Å². The van der Waals surface area contributed by atoms with Crippen molar-refractivity contribution in [3.63, 3.8) is 0 Å². The van der Waals surface area contributed by atoms with E-state index in [2.05, 4.69) is 15.0 Å². The Morgan fingerprint density at radius 1 is 0.568 bits per heavy atom. The summed E-state index contributed by atoms with van der Waals surface area (Å²) in [6.45, 7) is 3.85. The van der Waals surface area contributed by atoms with Crippen molar-refractivity contribution in [2.24, 2.45) is 0 Å². The lowest BCUT2D eigenvalue weighted by Crippen LogP contribution is -1.91. The van der Waals surface area contributed by atoms with Crippen LogP contribution < -0.4 is 19.9 Å². The van der Waals surface area contributed by atoms with Crippen LogP contribution in [0.3, 0.4) is 0 Å². The van der Waals surface area contributed by atoms with Crippen molar-refractivity contribution in [3.8, 4) is 34.5 Å². The van der Waals surface area contributed by atoms with Crippen LogP contribution in [0.1, 0.15) is 46.1 Å². The van der Waals surface area contributed by atoms with Gasteiger partial charge in [0.2, 0.25) is 7.37 Å². The third-order valence-corrected chi connectivity index (χ3v) is 15.6. The number of phenolic OH excluding ortho intramolecular Hbond substituents is 3. The number of aromatic hydroxyl groups is 3. The first kappa shape index (κ1) is 62.8. The molecule has 81 heavy (non-hydrogen) atoms. The summed E-state index contributed by atoms with van der Waals surface area (Å²) in [6, 6.07) is 30.0. The number of nitro benzene ring substituents is 2. The number of aldehydes is 1. The quantitative estimate of drug-likeness (QED) is 0.0125. The van der Waals surface area contributed by atoms with Crippen LogP contribution in [-0.4, -0.2) is 81.0 Å². The van der Waals surface area contributed by atoms with Crippen molar-refractivity contribution < 1.29 is 53.3 Å². The highest BCUT2D eigenvalue weighted by molar-refractivity contribution is 7.57. The molecule has 19 nitrogen and oxygen atoms in total. The lowest BCUT2D eigenvalue weighted by molar-refractivity contribution is -0.385. The Morgan fingerprint density at radius 3 is 1.30 bits per heavy atom. The molecule has 0 saturated heterocycles. The molecule has 0 amide bonds. The molecule has 0 spiro atoms. The topological polar surface area (TPSA) is 283 Å². The summed E-state index contributed by atoms with van der Waals surface area (Å²) in [6.07, 6.45) is 19.1. The molecule has 0 aliphatic heterocycles. The Bertz CT molecular complexity index is 3800. The molecule has 9 rings (SSSR count). The number of allylic oxidation sites excluding steroid dienone is 5. The van der Waals surface area contributed by atoms with Crippen LogP contribution in [0.25, 0.3) is 61.0 Å². The van der Waals surface area contributed by atoms with E-state index in [9.17, 15) is 44.9 Å². The average molecular weight is 1170 g/mol. The van der Waals surface area contributed by atoms with Gasteiger partial charge in [-0.2, -0.15) is 0 Å². The van der Waals surface area contributed by atoms with Crippen molar-refractivity contribution >= 4 is 126 Å². The van der Waals surface area contributed by atoms with E-state index in [1.165, 1.54) is 74.3 Å². The normalized spacial score (nSPS) is 11.9. The first-order chi connectivity index (χ1) is 38.4. The Balaban J connectivity index is 0.000000202. The second-order valence-corrected chi connectivity index (χ2v) is 22.4. The Kier molecular flexibility index (Phi) is 23.5. The number of non-ortho nitro benzene ring substituents is 2. The third kappa shape index (κ3) is 18.8. The second kappa shape index (κ2) is 30.4. The second-order valence-electron chi connectivity index (χ2n) is 16.6. The number of carbonyl (C=O) groups is 1. The minimum atomic E-state index is -2.65. The number of carbonyl (C=O) groups excluding carboxylic acids is 1. The number of hydrogen-bond acceptors (Lipinski definition) is 20. The predicted molar refractivity (Wildman–Crippen MR) is 327 cm³/mol. The van der Waals surface area contributed by atoms with Crippen LogP contribution in [0.2, 0.25) is 0 Å². The molecule has 23 heteroatoms. The lowest BCUT2D eigenvalue weighted by Gasteiger charge is -2.09. The zero-order chi connectivity index (χ0) is 57.8. The van der Waals surface area contributed by atoms with Gasteiger partial charge in [0.05, 0.1) is 74.6 Å². The summed E-state index contributed by atoms with van der Waals surface area (Å²) in [7, 11) is 1.89. The fourth-order valence-corrected chi connectivity index (χ4v) is 11.7. The first-order valence-electron chi connectivity index (χ1n) is 23.8. The van der Waals surface area contributed by atoms with Gasteiger partial charge in [0.25, 0.3) is 11.4 Å². The highest BCUT2D eigenvalue weighted by atomic mass is 32.1. The molecule has 0 aliphatic carbocycles. The van der Waals surface area contributed by atoms with E-state index in [-0.39, 0.29) is 36.0 Å². The van der Waals surface area contributed by atoms with Crippen LogP contribution >= 0.6 is 41.4 Å². The van der Waals surface area contributed by atoms with E-state index in [0.29, 0.717) is 47.3 Å². The smallest absolute Gasteiger partial charge is 0.269 e. The Morgan fingerprint density at radius 2 is 0.926 bits per heavy atom. The number of rotatable bonds is 17. The molecule has 0 bridgehead atoms. The van der Waals surface area contributed by atoms with Gasteiger partial charge in [0, 0.05) is 73.0 Å². The van der Waals surface area contributed by atoms with Crippen molar-refractivity contribution in [3.05, 3.63) is 192 Å². The molecule has 3 aromatic heterocycles. The largest absolute Gasteiger partial charge is 0.504 e. The van der Waals surface area contributed by atoms with Crippen LogP contribution in [-0.2, 0) is 20.0 Å². The molecule has 0 fully saturated rings. The number of benzene rings is 6. The molecule has 3 heterocycles. The summed E-state index contributed by atoms with van der Waals surface area (Å²) >= 11 is 4.47. The summed E-state index contributed by atoms with van der Waals surface area (Å²) in [5.41, 5.74) is 11.4. The number of nitrogens with two attached hydrogens (primary N) is 1. The standard InChI is InChI=1S/C18H14N2O4S.C18H16N2O2S.C12H16NO4PS.C9H7NO3.CH4/c1-24-16-11-17-14(10-15(16)21)19-18(25-17)5-3-2-4-12-6-8-13(9-7-12)20(22)23;1-22-16-11-17-14(10-15(16)21)20-18(23-17)5-3-2-4-12-6-8-13(19)9-7-12;1-4-17-18(3,15)7-12-13-8-5-9(14)10(16-2)6-11(8)19-12;11-7-1-2-8-3-5-9(6-4-8)10(12)13;/h2-11,21H,1H3;2-11,21H,19H2,1H3;5-6,14H,4,7H2,1-3H3;1-7H;1H4/b2*4-2+,5-3+;;2-1+;. The number of thiazole rings is 3. The number of phenols is 3. The zero-order valence-corrected chi connectivity index (χ0v) is 46.9. The Labute approximate surface area is 478 Å². The van der Waals surface area contributed by atoms with E-state index in [0.717, 1.165) is 57.0 Å². The number of aromatic nitrogens is 3. The number of nitrogens with zero attached hydrogens (tertiary/aromatic N) is 5. The molecule has 0 saturated carbocycles. The van der Waals surface area contributed by atoms with Gasteiger partial charge >= 0.3 is 0 Å². The molecule has 5 N–H and O–H groups in total. The molecule has 1 unspecified atom stereocenters. The number of methoxy groups -OCH3 is 3. The van der Waals surface area contributed by atoms with Gasteiger partial charge in [-0.3, -0.25) is 29.6 Å². The summed E-state index contributed by atoms with van der Waals surface area (Å²) in [5.74, 6) is 1.51. The zero-order valence-electron chi connectivity index (χ0n) is 43.6. The number of fused-ring (bicyclic) bond motifs is 3. The summed E-state index contributed by atoms with van der Waals surface area (Å²) in [5, 5.41) is 52.5. The average Bonchev–Trinajstić information content (AvgIpc) is 4.20. The molecule has 420 valence electrons. The van der Waals surface area contributed by atoms with Gasteiger partial charge in [0.15, 0.2) is 34.5 Å². The number of nitro groups is 2. The number of nitrogen functional groups attached to an aromatic ring is 1. The van der Waals surface area contributed by atoms with E-state index >= 15 is 0 Å². The molecular formula is C58H57N6O13PS3. The fraction of sp³-hybridized carbons (Fsp3) is 0.138. The van der Waals surface area contributed by atoms with Gasteiger partial charge in [-0.05, 0) is 78.2 Å². The van der Waals surface area contributed by atoms with Crippen LogP contribution in [0.5, 0.6) is 34.5 Å². The van der Waals surface area contributed by atoms with Gasteiger partial charge in [0.1, 0.15) is 21.3 Å². The van der Waals surface area contributed by atoms with Gasteiger partial charge in [-0.25, -0.2) is 15.0 Å². The van der Waals surface area contributed by atoms with Gasteiger partial charge in [-0.15, -0.1) is 34.0 Å². The number of anilines is 1. The monoisotopic (exact) mass is 1170 g/mol. The molecular weight excluding hydrogens is 1120 g/mol. The van der Waals surface area contributed by atoms with E-state index in [1.54, 1.807) is 84.7 Å². The minimum absolute atomic E-state index is 0. The maximum atomic E-state index is 12.1. The highest BCUT2D eigenvalue weighted by Gasteiger charge is 2.20. The first-order valence-corrected chi connectivity index (χ1v) is 28.5. The van der Waals surface area contributed by atoms with Crippen LogP contribution in [0.15, 0.2) is 140 Å². The molecule has 1 atom stereocenters. The molecule has 9 aromatic rings. The maximum Gasteiger partial charge on any atom is 0.269 e. The van der Waals surface area contributed by atoms with Crippen LogP contribution in [0, 0.1) is 20.2 Å². The maximum absolute atomic E-state index is 12.1. The minimum Gasteiger partial charge on any atom is -0.504 e. The fourth-order valence-electron chi connectivity index (χ4n) is 6.96. The molecule has 0 aliphatic rings. The van der Waals surface area contributed by atoms with Gasteiger partial charge < -0.3 is 39.8 Å². The van der Waals surface area contributed by atoms with E-state index in [1.807, 2.05) is 79.8 Å². The van der Waals surface area contributed by atoms with Gasteiger partial charge in [-0.1, -0.05) is 62.1 Å². The van der Waals surface area contributed by atoms with Crippen molar-refractivity contribution in [1.29, 1.82) is 0 Å². The summed E-state index contributed by atoms with van der Waals surface area (Å²) in [4.78, 5) is 43.2. The predicted octanol–water partition coefficient (Wildman–Crippen LogP) is 14.9. The number of hydrogen-bond donors (Lipinski definition) is 4. The van der Waals surface area contributed by atoms with Crippen molar-refractivity contribution in [2.75, 3.05) is 40.3 Å². The SMILES string of the molecule is C.CCOP(C)(=O)Cc1nc2cc(O)c(OC)cc2s1.COc1cc2sc(/C=C/C=C/c3ccc(N)cc3)nc2cc1O.COc1cc2sc(/C=C/C=C/c3ccc([N+](=O)[O-])cc3)nc2cc1O.O=C/C=C/c1ccc([N+](=O)[O-])cc1. The third-order valence-electron chi connectivity index (χ3n) is 10.8. The van der Waals surface area contributed by atoms with Crippen molar-refractivity contribution in [1.82, 2.24) is 15.0 Å². The van der Waals surface area contributed by atoms with Crippen molar-refractivity contribution in [2.45, 2.75) is 20.5 Å². The Hall–Kier alpha value is -9.05. The van der Waals surface area contributed by atoms with Crippen LogP contribution in [0.4, 0.5) is 17.1 Å². The number of ether oxygens (including phenoxy) is 3. The summed E-state index contributed by atoms with van der Waals surface area (Å²) < 4.78 is 35.4.